The first-order valence-electron chi connectivity index (χ1n) is 9.51. The van der Waals surface area contributed by atoms with E-state index < -0.39 is 0 Å². The number of aromatic nitrogens is 5. The Balaban J connectivity index is 1.39. The van der Waals surface area contributed by atoms with E-state index in [-0.39, 0.29) is 5.91 Å². The molecule has 0 saturated heterocycles. The highest BCUT2D eigenvalue weighted by Gasteiger charge is 2.12. The summed E-state index contributed by atoms with van der Waals surface area (Å²) in [5, 5.41) is 14.7. The number of carbonyl (C=O) groups is 1. The van der Waals surface area contributed by atoms with E-state index in [0.29, 0.717) is 30.2 Å². The first-order valence-corrected chi connectivity index (χ1v) is 9.51. The number of hydrogen-bond donors (Lipinski definition) is 2. The van der Waals surface area contributed by atoms with Crippen LogP contribution >= 0.6 is 0 Å². The van der Waals surface area contributed by atoms with Crippen molar-refractivity contribution >= 4 is 11.6 Å². The third-order valence-electron chi connectivity index (χ3n) is 4.65. The molecule has 0 spiro atoms. The molecular weight excluding hydrogens is 378 g/mol. The average molecular weight is 399 g/mol. The van der Waals surface area contributed by atoms with Crippen LogP contribution in [0.3, 0.4) is 0 Å². The second-order valence-electron chi connectivity index (χ2n) is 6.70. The van der Waals surface area contributed by atoms with Crippen molar-refractivity contribution in [2.75, 3.05) is 5.32 Å². The Hall–Kier alpha value is -4.07. The summed E-state index contributed by atoms with van der Waals surface area (Å²) in [6.45, 7) is 0.950. The van der Waals surface area contributed by atoms with Crippen molar-refractivity contribution in [3.8, 4) is 11.5 Å². The molecule has 150 valence electrons. The van der Waals surface area contributed by atoms with Gasteiger partial charge in [0, 0.05) is 31.0 Å². The van der Waals surface area contributed by atoms with Gasteiger partial charge in [0.2, 0.25) is 0 Å². The zero-order valence-corrected chi connectivity index (χ0v) is 16.5. The van der Waals surface area contributed by atoms with Crippen LogP contribution in [0.25, 0.3) is 11.5 Å². The SMILES string of the molecule is Cn1c(CNc2cccc(C(=O)NCc3ccccc3)c2)nnc1-c1ccncn1. The summed E-state index contributed by atoms with van der Waals surface area (Å²) < 4.78 is 1.88. The molecule has 2 aromatic heterocycles. The lowest BCUT2D eigenvalue weighted by molar-refractivity contribution is 0.0951. The molecule has 2 heterocycles. The van der Waals surface area contributed by atoms with Gasteiger partial charge in [-0.25, -0.2) is 9.97 Å². The molecule has 2 N–H and O–H groups in total. The molecule has 2 aromatic carbocycles. The van der Waals surface area contributed by atoms with Crippen molar-refractivity contribution in [1.82, 2.24) is 30.0 Å². The largest absolute Gasteiger partial charge is 0.378 e. The summed E-state index contributed by atoms with van der Waals surface area (Å²) in [5.74, 6) is 1.30. The second kappa shape index (κ2) is 8.95. The minimum atomic E-state index is -0.118. The van der Waals surface area contributed by atoms with Gasteiger partial charge in [0.1, 0.15) is 12.0 Å². The van der Waals surface area contributed by atoms with E-state index in [1.54, 1.807) is 18.3 Å². The minimum Gasteiger partial charge on any atom is -0.378 e. The lowest BCUT2D eigenvalue weighted by Crippen LogP contribution is -2.22. The Bertz CT molecular complexity index is 1130. The number of rotatable bonds is 7. The monoisotopic (exact) mass is 399 g/mol. The fourth-order valence-electron chi connectivity index (χ4n) is 2.99. The predicted molar refractivity (Wildman–Crippen MR) is 113 cm³/mol. The Morgan fingerprint density at radius 3 is 2.67 bits per heavy atom. The maximum atomic E-state index is 12.5. The summed E-state index contributed by atoms with van der Waals surface area (Å²) in [4.78, 5) is 20.6. The summed E-state index contributed by atoms with van der Waals surface area (Å²) in [7, 11) is 1.89. The Morgan fingerprint density at radius 1 is 1.00 bits per heavy atom. The maximum absolute atomic E-state index is 12.5. The molecule has 30 heavy (non-hydrogen) atoms. The van der Waals surface area contributed by atoms with Gasteiger partial charge >= 0.3 is 0 Å². The summed E-state index contributed by atoms with van der Waals surface area (Å²) in [6, 6.07) is 19.0. The van der Waals surface area contributed by atoms with Gasteiger partial charge in [-0.3, -0.25) is 4.79 Å². The third kappa shape index (κ3) is 4.49. The molecule has 4 aromatic rings. The number of anilines is 1. The zero-order valence-electron chi connectivity index (χ0n) is 16.5. The van der Waals surface area contributed by atoms with Crippen molar-refractivity contribution in [2.45, 2.75) is 13.1 Å². The van der Waals surface area contributed by atoms with Gasteiger partial charge < -0.3 is 15.2 Å². The van der Waals surface area contributed by atoms with Crippen molar-refractivity contribution in [2.24, 2.45) is 7.05 Å². The first-order chi connectivity index (χ1) is 14.7. The molecule has 0 aliphatic rings. The molecule has 8 heteroatoms. The van der Waals surface area contributed by atoms with E-state index in [0.717, 1.165) is 17.1 Å². The van der Waals surface area contributed by atoms with Gasteiger partial charge in [-0.2, -0.15) is 0 Å². The number of nitrogens with zero attached hydrogens (tertiary/aromatic N) is 5. The van der Waals surface area contributed by atoms with Crippen LogP contribution in [0.5, 0.6) is 0 Å². The van der Waals surface area contributed by atoms with E-state index in [9.17, 15) is 4.79 Å². The average Bonchev–Trinajstić information content (AvgIpc) is 3.17. The number of benzene rings is 2. The van der Waals surface area contributed by atoms with E-state index in [1.165, 1.54) is 6.33 Å². The Kier molecular flexibility index (Phi) is 5.75. The molecule has 0 atom stereocenters. The van der Waals surface area contributed by atoms with Gasteiger partial charge in [0.15, 0.2) is 11.6 Å². The topological polar surface area (TPSA) is 97.6 Å². The fraction of sp³-hybridized carbons (Fsp3) is 0.136. The molecule has 0 unspecified atom stereocenters. The summed E-state index contributed by atoms with van der Waals surface area (Å²) in [6.07, 6.45) is 3.15. The summed E-state index contributed by atoms with van der Waals surface area (Å²) in [5.41, 5.74) is 3.19. The van der Waals surface area contributed by atoms with Crippen LogP contribution in [0.15, 0.2) is 73.2 Å². The van der Waals surface area contributed by atoms with E-state index in [4.69, 9.17) is 0 Å². The molecule has 1 amide bonds. The van der Waals surface area contributed by atoms with E-state index in [1.807, 2.05) is 60.1 Å². The molecule has 0 bridgehead atoms. The number of amides is 1. The molecular formula is C22H21N7O. The van der Waals surface area contributed by atoms with Crippen molar-refractivity contribution in [3.63, 3.8) is 0 Å². The van der Waals surface area contributed by atoms with Crippen molar-refractivity contribution < 1.29 is 4.79 Å². The van der Waals surface area contributed by atoms with Gasteiger partial charge in [0.05, 0.1) is 6.54 Å². The molecule has 0 aliphatic carbocycles. The van der Waals surface area contributed by atoms with E-state index >= 15 is 0 Å². The number of carbonyl (C=O) groups excluding carboxylic acids is 1. The maximum Gasteiger partial charge on any atom is 0.251 e. The fourth-order valence-corrected chi connectivity index (χ4v) is 2.99. The Morgan fingerprint density at radius 2 is 1.87 bits per heavy atom. The quantitative estimate of drug-likeness (QED) is 0.496. The molecule has 4 rings (SSSR count). The van der Waals surface area contributed by atoms with Gasteiger partial charge in [-0.05, 0) is 29.8 Å². The molecule has 0 saturated carbocycles. The van der Waals surface area contributed by atoms with Gasteiger partial charge in [-0.1, -0.05) is 36.4 Å². The zero-order chi connectivity index (χ0) is 20.8. The third-order valence-corrected chi connectivity index (χ3v) is 4.65. The van der Waals surface area contributed by atoms with Crippen molar-refractivity contribution in [3.05, 3.63) is 90.1 Å². The van der Waals surface area contributed by atoms with Crippen LogP contribution in [0, 0.1) is 0 Å². The number of nitrogens with one attached hydrogen (secondary N) is 2. The Labute approximate surface area is 174 Å². The first kappa shape index (κ1) is 19.3. The predicted octanol–water partition coefficient (Wildman–Crippen LogP) is 2.81. The highest BCUT2D eigenvalue weighted by atomic mass is 16.1. The van der Waals surface area contributed by atoms with Crippen LogP contribution < -0.4 is 10.6 Å². The van der Waals surface area contributed by atoms with Gasteiger partial charge in [0.25, 0.3) is 5.91 Å². The smallest absolute Gasteiger partial charge is 0.251 e. The molecule has 0 aliphatic heterocycles. The molecule has 0 radical (unpaired) electrons. The van der Waals surface area contributed by atoms with Gasteiger partial charge in [-0.15, -0.1) is 10.2 Å². The van der Waals surface area contributed by atoms with Crippen LogP contribution in [-0.4, -0.2) is 30.6 Å². The lowest BCUT2D eigenvalue weighted by Gasteiger charge is -2.09. The number of hydrogen-bond acceptors (Lipinski definition) is 6. The van der Waals surface area contributed by atoms with Crippen LogP contribution in [0.4, 0.5) is 5.69 Å². The standard InChI is InChI=1S/C22H21N7O/c1-29-20(27-28-21(29)19-10-11-23-15-26-19)14-24-18-9-5-8-17(12-18)22(30)25-13-16-6-3-2-4-7-16/h2-12,15,24H,13-14H2,1H3,(H,25,30). The summed E-state index contributed by atoms with van der Waals surface area (Å²) >= 11 is 0. The van der Waals surface area contributed by atoms with Crippen LogP contribution in [0.1, 0.15) is 21.7 Å². The molecule has 8 nitrogen and oxygen atoms in total. The lowest BCUT2D eigenvalue weighted by atomic mass is 10.1. The van der Waals surface area contributed by atoms with Crippen molar-refractivity contribution in [1.29, 1.82) is 0 Å². The van der Waals surface area contributed by atoms with Crippen LogP contribution in [-0.2, 0) is 20.1 Å². The minimum absolute atomic E-state index is 0.118. The van der Waals surface area contributed by atoms with E-state index in [2.05, 4.69) is 30.8 Å². The highest BCUT2D eigenvalue weighted by Crippen LogP contribution is 2.16. The highest BCUT2D eigenvalue weighted by molar-refractivity contribution is 5.95. The normalized spacial score (nSPS) is 10.6. The second-order valence-corrected chi connectivity index (χ2v) is 6.70. The van der Waals surface area contributed by atoms with Crippen LogP contribution in [0.2, 0.25) is 0 Å². The molecule has 0 fully saturated rings.